The second-order valence-corrected chi connectivity index (χ2v) is 4.78. The van der Waals surface area contributed by atoms with Crippen LogP contribution in [0, 0.1) is 0 Å². The number of hydrogen-bond acceptors (Lipinski definition) is 2. The molecule has 0 aliphatic rings. The average molecular weight is 306 g/mol. The molecular weight excluding hydrogens is 294 g/mol. The van der Waals surface area contributed by atoms with Crippen LogP contribution < -0.4 is 5.32 Å². The maximum atomic E-state index is 11.9. The first-order valence-corrected chi connectivity index (χ1v) is 6.26. The molecule has 0 heterocycles. The summed E-state index contributed by atoms with van der Waals surface area (Å²) < 4.78 is 0.868. The number of amides is 1. The highest BCUT2D eigenvalue weighted by Gasteiger charge is 2.05. The van der Waals surface area contributed by atoms with Gasteiger partial charge in [-0.15, -0.1) is 0 Å². The van der Waals surface area contributed by atoms with Crippen molar-refractivity contribution in [2.45, 2.75) is 6.54 Å². The summed E-state index contributed by atoms with van der Waals surface area (Å²) in [6, 6.07) is 14.0. The zero-order valence-corrected chi connectivity index (χ0v) is 11.1. The largest absolute Gasteiger partial charge is 0.508 e. The molecule has 0 unspecified atom stereocenters. The molecular formula is C14H12BrNO2. The van der Waals surface area contributed by atoms with E-state index in [1.165, 1.54) is 0 Å². The van der Waals surface area contributed by atoms with E-state index < -0.39 is 0 Å². The maximum absolute atomic E-state index is 11.9. The Bertz CT molecular complexity index is 569. The van der Waals surface area contributed by atoms with Crippen LogP contribution in [0.4, 0.5) is 0 Å². The molecule has 1 amide bonds. The number of phenols is 1. The van der Waals surface area contributed by atoms with Gasteiger partial charge in [0.1, 0.15) is 5.75 Å². The number of phenolic OH excluding ortho intramolecular Hbond substituents is 1. The second-order valence-electron chi connectivity index (χ2n) is 3.86. The van der Waals surface area contributed by atoms with Gasteiger partial charge in [-0.2, -0.15) is 0 Å². The monoisotopic (exact) mass is 305 g/mol. The fraction of sp³-hybridized carbons (Fsp3) is 0.0714. The van der Waals surface area contributed by atoms with Gasteiger partial charge < -0.3 is 10.4 Å². The average Bonchev–Trinajstić information content (AvgIpc) is 2.36. The lowest BCUT2D eigenvalue weighted by Gasteiger charge is -2.06. The van der Waals surface area contributed by atoms with Gasteiger partial charge in [0.25, 0.3) is 5.91 Å². The predicted octanol–water partition coefficient (Wildman–Crippen LogP) is 3.08. The van der Waals surface area contributed by atoms with Crippen molar-refractivity contribution in [3.8, 4) is 5.75 Å². The molecule has 0 spiro atoms. The molecule has 0 aliphatic heterocycles. The number of nitrogens with one attached hydrogen (secondary N) is 1. The third-order valence-corrected chi connectivity index (χ3v) is 2.94. The molecule has 0 fully saturated rings. The van der Waals surface area contributed by atoms with Crippen LogP contribution in [0.5, 0.6) is 5.75 Å². The van der Waals surface area contributed by atoms with E-state index in [1.54, 1.807) is 30.3 Å². The van der Waals surface area contributed by atoms with E-state index in [9.17, 15) is 9.90 Å². The summed E-state index contributed by atoms with van der Waals surface area (Å²) in [6.07, 6.45) is 0. The molecule has 2 rings (SSSR count). The fourth-order valence-electron chi connectivity index (χ4n) is 1.58. The van der Waals surface area contributed by atoms with Crippen LogP contribution in [0.1, 0.15) is 15.9 Å². The van der Waals surface area contributed by atoms with Crippen molar-refractivity contribution in [1.29, 1.82) is 0 Å². The summed E-state index contributed by atoms with van der Waals surface area (Å²) in [5.41, 5.74) is 1.46. The lowest BCUT2D eigenvalue weighted by molar-refractivity contribution is 0.0951. The summed E-state index contributed by atoms with van der Waals surface area (Å²) in [5, 5.41) is 12.1. The van der Waals surface area contributed by atoms with Gasteiger partial charge in [0.2, 0.25) is 0 Å². The van der Waals surface area contributed by atoms with Crippen LogP contribution >= 0.6 is 15.9 Å². The van der Waals surface area contributed by atoms with E-state index >= 15 is 0 Å². The van der Waals surface area contributed by atoms with Crippen LogP contribution in [0.3, 0.4) is 0 Å². The topological polar surface area (TPSA) is 49.3 Å². The first kappa shape index (κ1) is 12.6. The smallest absolute Gasteiger partial charge is 0.251 e. The quantitative estimate of drug-likeness (QED) is 0.915. The van der Waals surface area contributed by atoms with Crippen LogP contribution in [0.25, 0.3) is 0 Å². The first-order valence-electron chi connectivity index (χ1n) is 5.47. The van der Waals surface area contributed by atoms with Crippen molar-refractivity contribution < 1.29 is 9.90 Å². The number of aromatic hydroxyl groups is 1. The normalized spacial score (nSPS) is 10.1. The second kappa shape index (κ2) is 5.69. The van der Waals surface area contributed by atoms with Gasteiger partial charge in [0.15, 0.2) is 0 Å². The minimum Gasteiger partial charge on any atom is -0.508 e. The van der Waals surface area contributed by atoms with Crippen molar-refractivity contribution >= 4 is 21.8 Å². The van der Waals surface area contributed by atoms with Crippen molar-refractivity contribution in [3.05, 3.63) is 64.1 Å². The maximum Gasteiger partial charge on any atom is 0.251 e. The Kier molecular flexibility index (Phi) is 3.99. The highest BCUT2D eigenvalue weighted by Crippen LogP contribution is 2.13. The highest BCUT2D eigenvalue weighted by atomic mass is 79.9. The number of halogens is 1. The van der Waals surface area contributed by atoms with Crippen molar-refractivity contribution in [1.82, 2.24) is 5.32 Å². The van der Waals surface area contributed by atoms with E-state index in [2.05, 4.69) is 21.2 Å². The molecule has 92 valence electrons. The molecule has 2 N–H and O–H groups in total. The summed E-state index contributed by atoms with van der Waals surface area (Å²) in [5.74, 6) is 0.0591. The molecule has 0 saturated carbocycles. The molecule has 2 aromatic rings. The lowest BCUT2D eigenvalue weighted by atomic mass is 10.2. The molecule has 0 atom stereocenters. The Morgan fingerprint density at radius 1 is 1.17 bits per heavy atom. The van der Waals surface area contributed by atoms with E-state index in [0.717, 1.165) is 10.0 Å². The number of carbonyl (C=O) groups is 1. The van der Waals surface area contributed by atoms with Crippen LogP contribution in [0.2, 0.25) is 0 Å². The first-order chi connectivity index (χ1) is 8.65. The fourth-order valence-corrected chi connectivity index (χ4v) is 1.98. The summed E-state index contributed by atoms with van der Waals surface area (Å²) >= 11 is 3.32. The van der Waals surface area contributed by atoms with Crippen LogP contribution in [-0.4, -0.2) is 11.0 Å². The molecule has 0 saturated heterocycles. The molecule has 0 bridgehead atoms. The van der Waals surface area contributed by atoms with E-state index in [1.807, 2.05) is 18.2 Å². The number of carbonyl (C=O) groups excluding carboxylic acids is 1. The zero-order valence-electron chi connectivity index (χ0n) is 9.56. The van der Waals surface area contributed by atoms with Crippen LogP contribution in [0.15, 0.2) is 53.0 Å². The Morgan fingerprint density at radius 2 is 1.94 bits per heavy atom. The van der Waals surface area contributed by atoms with E-state index in [-0.39, 0.29) is 11.7 Å². The lowest BCUT2D eigenvalue weighted by Crippen LogP contribution is -2.22. The van der Waals surface area contributed by atoms with Crippen molar-refractivity contribution in [2.75, 3.05) is 0 Å². The van der Waals surface area contributed by atoms with Gasteiger partial charge in [0, 0.05) is 16.6 Å². The predicted molar refractivity (Wildman–Crippen MR) is 73.4 cm³/mol. The SMILES string of the molecule is O=C(NCc1cccc(O)c1)c1cccc(Br)c1. The summed E-state index contributed by atoms with van der Waals surface area (Å²) in [4.78, 5) is 11.9. The molecule has 18 heavy (non-hydrogen) atoms. The standard InChI is InChI=1S/C14H12BrNO2/c15-12-5-2-4-11(8-12)14(18)16-9-10-3-1-6-13(17)7-10/h1-8,17H,9H2,(H,16,18). The molecule has 3 nitrogen and oxygen atoms in total. The van der Waals surface area contributed by atoms with Crippen LogP contribution in [-0.2, 0) is 6.54 Å². The van der Waals surface area contributed by atoms with Gasteiger partial charge in [-0.3, -0.25) is 4.79 Å². The van der Waals surface area contributed by atoms with Gasteiger partial charge in [-0.1, -0.05) is 34.1 Å². The Morgan fingerprint density at radius 3 is 2.67 bits per heavy atom. The third-order valence-electron chi connectivity index (χ3n) is 2.45. The highest BCUT2D eigenvalue weighted by molar-refractivity contribution is 9.10. The van der Waals surface area contributed by atoms with E-state index in [0.29, 0.717) is 12.1 Å². The van der Waals surface area contributed by atoms with Crippen molar-refractivity contribution in [2.24, 2.45) is 0 Å². The Labute approximate surface area is 114 Å². The Balaban J connectivity index is 2.00. The number of hydrogen-bond donors (Lipinski definition) is 2. The van der Waals surface area contributed by atoms with Gasteiger partial charge >= 0.3 is 0 Å². The number of benzene rings is 2. The van der Waals surface area contributed by atoms with E-state index in [4.69, 9.17) is 0 Å². The summed E-state index contributed by atoms with van der Waals surface area (Å²) in [6.45, 7) is 0.389. The molecule has 0 aromatic heterocycles. The molecule has 0 aliphatic carbocycles. The Hall–Kier alpha value is -1.81. The molecule has 4 heteroatoms. The minimum atomic E-state index is -0.139. The molecule has 0 radical (unpaired) electrons. The van der Waals surface area contributed by atoms with Crippen molar-refractivity contribution in [3.63, 3.8) is 0 Å². The van der Waals surface area contributed by atoms with Gasteiger partial charge in [-0.05, 0) is 35.9 Å². The summed E-state index contributed by atoms with van der Waals surface area (Å²) in [7, 11) is 0. The van der Waals surface area contributed by atoms with Gasteiger partial charge in [-0.25, -0.2) is 0 Å². The zero-order chi connectivity index (χ0) is 13.0. The third kappa shape index (κ3) is 3.34. The minimum absolute atomic E-state index is 0.139. The molecule has 2 aromatic carbocycles. The number of rotatable bonds is 3. The van der Waals surface area contributed by atoms with Gasteiger partial charge in [0.05, 0.1) is 0 Å².